The summed E-state index contributed by atoms with van der Waals surface area (Å²) in [5.41, 5.74) is 0. The minimum atomic E-state index is -2.44. The zero-order chi connectivity index (χ0) is 13.7. The molecule has 0 spiro atoms. The van der Waals surface area contributed by atoms with Crippen LogP contribution in [-0.4, -0.2) is 5.97 Å². The molecule has 0 aliphatic carbocycles. The Labute approximate surface area is 111 Å². The molecule has 0 saturated carbocycles. The van der Waals surface area contributed by atoms with E-state index in [-0.39, 0.29) is 6.42 Å². The van der Waals surface area contributed by atoms with Gasteiger partial charge < -0.3 is 4.89 Å². The summed E-state index contributed by atoms with van der Waals surface area (Å²) in [7, 11) is -2.44. The first-order valence-corrected chi connectivity index (χ1v) is 6.87. The van der Waals surface area contributed by atoms with Crippen LogP contribution in [0.3, 0.4) is 0 Å². The van der Waals surface area contributed by atoms with Crippen molar-refractivity contribution in [2.75, 3.05) is 0 Å². The van der Waals surface area contributed by atoms with E-state index < -0.39 is 14.1 Å². The van der Waals surface area contributed by atoms with Gasteiger partial charge in [-0.1, -0.05) is 43.3 Å². The molecule has 0 radical (unpaired) electrons. The molecule has 0 amide bonds. The first-order chi connectivity index (χ1) is 9.20. The van der Waals surface area contributed by atoms with Gasteiger partial charge in [0.2, 0.25) is 0 Å². The fourth-order valence-corrected chi connectivity index (χ4v) is 2.04. The van der Waals surface area contributed by atoms with E-state index in [1.807, 2.05) is 30.3 Å². The van der Waals surface area contributed by atoms with Gasteiger partial charge in [0, 0.05) is 11.8 Å². The monoisotopic (exact) mass is 277 g/mol. The van der Waals surface area contributed by atoms with Crippen LogP contribution in [0.15, 0.2) is 47.4 Å². The van der Waals surface area contributed by atoms with E-state index in [2.05, 4.69) is 9.75 Å². The van der Waals surface area contributed by atoms with Crippen LogP contribution in [0.25, 0.3) is 10.8 Å². The van der Waals surface area contributed by atoms with E-state index in [4.69, 9.17) is 4.52 Å². The number of rotatable bonds is 4. The Bertz CT molecular complexity index is 622. The lowest BCUT2D eigenvalue weighted by Crippen LogP contribution is -1.99. The van der Waals surface area contributed by atoms with Gasteiger partial charge in [0.15, 0.2) is 10.7 Å². The van der Waals surface area contributed by atoms with Crippen LogP contribution in [0.5, 0.6) is 5.75 Å². The Balaban J connectivity index is 2.19. The van der Waals surface area contributed by atoms with E-state index in [1.54, 1.807) is 19.1 Å². The summed E-state index contributed by atoms with van der Waals surface area (Å²) in [6.07, 6.45) is 0.168. The van der Waals surface area contributed by atoms with Crippen molar-refractivity contribution in [3.8, 4) is 5.75 Å². The minimum absolute atomic E-state index is 0.168. The SMILES string of the molecule is CCC(=O)O/N=[P+](\[O-])Oc1cccc2ccccc12. The topological polar surface area (TPSA) is 71.0 Å². The van der Waals surface area contributed by atoms with Gasteiger partial charge in [0.1, 0.15) is 0 Å². The molecule has 0 aliphatic heterocycles. The number of carbonyl (C=O) groups is 1. The molecule has 0 heterocycles. The molecule has 2 rings (SSSR count). The summed E-state index contributed by atoms with van der Waals surface area (Å²) < 4.78 is 5.19. The number of benzene rings is 2. The van der Waals surface area contributed by atoms with Gasteiger partial charge in [-0.05, 0) is 11.5 Å². The first-order valence-electron chi connectivity index (χ1n) is 5.74. The Kier molecular flexibility index (Phi) is 4.44. The molecule has 0 saturated heterocycles. The summed E-state index contributed by atoms with van der Waals surface area (Å²) >= 11 is 0. The Morgan fingerprint density at radius 1 is 1.26 bits per heavy atom. The molecule has 6 heteroatoms. The molecule has 0 aliphatic rings. The molecular weight excluding hydrogens is 265 g/mol. The first kappa shape index (κ1) is 13.5. The highest BCUT2D eigenvalue weighted by Crippen LogP contribution is 2.30. The number of hydrogen-bond donors (Lipinski definition) is 0. The predicted octanol–water partition coefficient (Wildman–Crippen LogP) is 2.94. The lowest BCUT2D eigenvalue weighted by atomic mass is 10.1. The van der Waals surface area contributed by atoms with E-state index in [9.17, 15) is 9.69 Å². The second-order valence-electron chi connectivity index (χ2n) is 3.70. The van der Waals surface area contributed by atoms with Crippen LogP contribution >= 0.6 is 8.17 Å². The summed E-state index contributed by atoms with van der Waals surface area (Å²) in [6.45, 7) is 1.62. The molecule has 0 N–H and O–H groups in total. The maximum atomic E-state index is 11.6. The predicted molar refractivity (Wildman–Crippen MR) is 70.3 cm³/mol. The molecule has 19 heavy (non-hydrogen) atoms. The van der Waals surface area contributed by atoms with E-state index in [1.165, 1.54) is 0 Å². The van der Waals surface area contributed by atoms with Crippen LogP contribution in [0.4, 0.5) is 0 Å². The van der Waals surface area contributed by atoms with Crippen LogP contribution in [-0.2, 0) is 9.63 Å². The van der Waals surface area contributed by atoms with Gasteiger partial charge in [-0.2, -0.15) is 0 Å². The third-order valence-electron chi connectivity index (χ3n) is 2.42. The normalized spacial score (nSPS) is 11.4. The van der Waals surface area contributed by atoms with Crippen LogP contribution < -0.4 is 9.42 Å². The standard InChI is InChI=1S/C13H12NO4P/c1-2-13(15)17-14-19(16)18-12-9-5-7-10-6-3-4-8-11(10)12/h3-9H,2H2,1H3. The van der Waals surface area contributed by atoms with Crippen LogP contribution in [0.2, 0.25) is 0 Å². The minimum Gasteiger partial charge on any atom is -0.573 e. The quantitative estimate of drug-likeness (QED) is 0.636. The van der Waals surface area contributed by atoms with Gasteiger partial charge in [-0.25, -0.2) is 4.79 Å². The molecule has 0 fully saturated rings. The van der Waals surface area contributed by atoms with E-state index >= 15 is 0 Å². The molecular formula is C13H12NO4P. The average Bonchev–Trinajstić information content (AvgIpc) is 2.45. The number of carbonyl (C=O) groups excluding carboxylic acids is 1. The smallest absolute Gasteiger partial charge is 0.439 e. The van der Waals surface area contributed by atoms with Crippen molar-refractivity contribution in [3.05, 3.63) is 42.5 Å². The Morgan fingerprint density at radius 2 is 2.00 bits per heavy atom. The van der Waals surface area contributed by atoms with Gasteiger partial charge in [-0.3, -0.25) is 9.36 Å². The second kappa shape index (κ2) is 6.27. The van der Waals surface area contributed by atoms with Crippen molar-refractivity contribution < 1.29 is 19.0 Å². The largest absolute Gasteiger partial charge is 0.573 e. The fraction of sp³-hybridized carbons (Fsp3) is 0.154. The van der Waals surface area contributed by atoms with Crippen molar-refractivity contribution >= 4 is 24.9 Å². The molecule has 1 unspecified atom stereocenters. The summed E-state index contributed by atoms with van der Waals surface area (Å²) in [4.78, 5) is 30.1. The zero-order valence-electron chi connectivity index (χ0n) is 10.3. The van der Waals surface area contributed by atoms with Crippen LogP contribution in [0.1, 0.15) is 13.3 Å². The summed E-state index contributed by atoms with van der Waals surface area (Å²) in [5, 5.41) is 1.79. The number of nitrogens with zero attached hydrogens (tertiary/aromatic N) is 1. The highest BCUT2D eigenvalue weighted by atomic mass is 31.1. The van der Waals surface area contributed by atoms with Gasteiger partial charge in [-0.15, -0.1) is 0 Å². The maximum absolute atomic E-state index is 11.6. The molecule has 5 nitrogen and oxygen atoms in total. The maximum Gasteiger partial charge on any atom is 0.439 e. The lowest BCUT2D eigenvalue weighted by molar-refractivity contribution is -0.174. The highest BCUT2D eigenvalue weighted by Gasteiger charge is 2.10. The third kappa shape index (κ3) is 3.50. The summed E-state index contributed by atoms with van der Waals surface area (Å²) in [5.74, 6) is -0.111. The van der Waals surface area contributed by atoms with Crippen molar-refractivity contribution in [1.29, 1.82) is 0 Å². The molecule has 2 aromatic carbocycles. The molecule has 1 atom stereocenters. The average molecular weight is 277 g/mol. The van der Waals surface area contributed by atoms with E-state index in [0.29, 0.717) is 5.75 Å². The van der Waals surface area contributed by atoms with Crippen molar-refractivity contribution in [2.45, 2.75) is 13.3 Å². The molecule has 0 bridgehead atoms. The van der Waals surface area contributed by atoms with Crippen molar-refractivity contribution in [3.63, 3.8) is 0 Å². The van der Waals surface area contributed by atoms with Gasteiger partial charge in [0.05, 0.1) is 0 Å². The Hall–Kier alpha value is -1.97. The van der Waals surface area contributed by atoms with E-state index in [0.717, 1.165) is 10.8 Å². The molecule has 98 valence electrons. The van der Waals surface area contributed by atoms with Crippen molar-refractivity contribution in [2.24, 2.45) is 4.91 Å². The molecule has 0 aromatic heterocycles. The van der Waals surface area contributed by atoms with Crippen molar-refractivity contribution in [1.82, 2.24) is 0 Å². The highest BCUT2D eigenvalue weighted by molar-refractivity contribution is 7.33. The third-order valence-corrected chi connectivity index (χ3v) is 2.99. The van der Waals surface area contributed by atoms with Crippen LogP contribution in [0, 0.1) is 0 Å². The van der Waals surface area contributed by atoms with Gasteiger partial charge >= 0.3 is 14.1 Å². The second-order valence-corrected chi connectivity index (χ2v) is 4.53. The fourth-order valence-electron chi connectivity index (χ4n) is 1.52. The summed E-state index contributed by atoms with van der Waals surface area (Å²) in [6, 6.07) is 12.9. The number of hydrogen-bond acceptors (Lipinski definition) is 5. The zero-order valence-corrected chi connectivity index (χ0v) is 11.2. The lowest BCUT2D eigenvalue weighted by Gasteiger charge is -2.02. The molecule has 2 aromatic rings. The Morgan fingerprint density at radius 3 is 2.79 bits per heavy atom. The van der Waals surface area contributed by atoms with Gasteiger partial charge in [0.25, 0.3) is 0 Å². The number of fused-ring (bicyclic) bond motifs is 1.